The van der Waals surface area contributed by atoms with Crippen molar-refractivity contribution in [2.24, 2.45) is 0 Å². The first-order valence-electron chi connectivity index (χ1n) is 6.33. The van der Waals surface area contributed by atoms with Crippen LogP contribution in [0, 0.1) is 0 Å². The molecular formula is C12H22N2O3S. The van der Waals surface area contributed by atoms with E-state index >= 15 is 0 Å². The van der Waals surface area contributed by atoms with Crippen LogP contribution in [0.4, 0.5) is 0 Å². The highest BCUT2D eigenvalue weighted by atomic mass is 32.2. The second kappa shape index (κ2) is 7.56. The fraction of sp³-hybridized carbons (Fsp3) is 0.667. The van der Waals surface area contributed by atoms with Crippen LogP contribution >= 0.6 is 0 Å². The molecule has 1 heterocycles. The van der Waals surface area contributed by atoms with Crippen LogP contribution in [0.3, 0.4) is 0 Å². The average molecular weight is 274 g/mol. The smallest absolute Gasteiger partial charge is 0.273 e. The number of sulfonamides is 1. The fourth-order valence-electron chi connectivity index (χ4n) is 1.60. The normalized spacial score (nSPS) is 11.9. The van der Waals surface area contributed by atoms with Gasteiger partial charge in [-0.25, -0.2) is 13.1 Å². The van der Waals surface area contributed by atoms with Crippen LogP contribution in [0.1, 0.15) is 38.4 Å². The Morgan fingerprint density at radius 2 is 2.00 bits per heavy atom. The highest BCUT2D eigenvalue weighted by molar-refractivity contribution is 7.89. The Bertz CT molecular complexity index is 440. The molecule has 0 spiro atoms. The van der Waals surface area contributed by atoms with Gasteiger partial charge in [-0.3, -0.25) is 0 Å². The molecule has 2 N–H and O–H groups in total. The average Bonchev–Trinajstić information content (AvgIpc) is 2.79. The molecule has 0 aliphatic heterocycles. The molecule has 0 saturated heterocycles. The van der Waals surface area contributed by atoms with Crippen molar-refractivity contribution in [2.75, 3.05) is 13.6 Å². The van der Waals surface area contributed by atoms with Crippen molar-refractivity contribution in [1.29, 1.82) is 0 Å². The van der Waals surface area contributed by atoms with E-state index < -0.39 is 10.0 Å². The van der Waals surface area contributed by atoms with E-state index in [2.05, 4.69) is 17.0 Å². The number of nitrogens with one attached hydrogen (secondary N) is 2. The van der Waals surface area contributed by atoms with Crippen LogP contribution in [-0.2, 0) is 16.6 Å². The molecule has 0 saturated carbocycles. The zero-order chi connectivity index (χ0) is 13.4. The Morgan fingerprint density at radius 3 is 2.67 bits per heavy atom. The Hall–Kier alpha value is -0.850. The third-order valence-corrected chi connectivity index (χ3v) is 3.91. The van der Waals surface area contributed by atoms with Crippen LogP contribution in [0.5, 0.6) is 0 Å². The Labute approximate surface area is 109 Å². The van der Waals surface area contributed by atoms with Crippen molar-refractivity contribution in [1.82, 2.24) is 10.0 Å². The van der Waals surface area contributed by atoms with E-state index in [1.165, 1.54) is 6.07 Å². The molecule has 0 atom stereocenters. The molecule has 0 aromatic carbocycles. The zero-order valence-electron chi connectivity index (χ0n) is 11.0. The number of rotatable bonds is 9. The minimum atomic E-state index is -3.49. The van der Waals surface area contributed by atoms with E-state index in [0.717, 1.165) is 25.7 Å². The fourth-order valence-corrected chi connectivity index (χ4v) is 2.62. The van der Waals surface area contributed by atoms with Gasteiger partial charge in [0, 0.05) is 6.54 Å². The maximum Gasteiger partial charge on any atom is 0.273 e. The van der Waals surface area contributed by atoms with Gasteiger partial charge in [0.05, 0.1) is 6.54 Å². The van der Waals surface area contributed by atoms with Gasteiger partial charge >= 0.3 is 0 Å². The molecule has 0 fully saturated rings. The van der Waals surface area contributed by atoms with Crippen LogP contribution in [0.25, 0.3) is 0 Å². The molecule has 104 valence electrons. The van der Waals surface area contributed by atoms with Gasteiger partial charge in [0.1, 0.15) is 5.76 Å². The lowest BCUT2D eigenvalue weighted by Gasteiger charge is -2.03. The van der Waals surface area contributed by atoms with E-state index in [0.29, 0.717) is 18.8 Å². The summed E-state index contributed by atoms with van der Waals surface area (Å²) < 4.78 is 31.5. The van der Waals surface area contributed by atoms with Gasteiger partial charge < -0.3 is 9.73 Å². The molecule has 0 radical (unpaired) electrons. The largest absolute Gasteiger partial charge is 0.447 e. The van der Waals surface area contributed by atoms with E-state index in [-0.39, 0.29) is 5.09 Å². The number of unbranched alkanes of at least 4 members (excludes halogenated alkanes) is 3. The molecule has 0 unspecified atom stereocenters. The second-order valence-corrected chi connectivity index (χ2v) is 5.91. The monoisotopic (exact) mass is 274 g/mol. The first-order valence-corrected chi connectivity index (χ1v) is 7.81. The molecule has 1 rings (SSSR count). The van der Waals surface area contributed by atoms with Crippen molar-refractivity contribution < 1.29 is 12.8 Å². The summed E-state index contributed by atoms with van der Waals surface area (Å²) >= 11 is 0. The van der Waals surface area contributed by atoms with Gasteiger partial charge in [0.15, 0.2) is 0 Å². The lowest BCUT2D eigenvalue weighted by molar-refractivity contribution is 0.404. The molecule has 1 aromatic heterocycles. The molecule has 0 amide bonds. The topological polar surface area (TPSA) is 71.3 Å². The molecule has 0 bridgehead atoms. The standard InChI is InChI=1S/C12H22N2O3S/c1-3-4-5-6-9-14-18(15,16)12-8-7-11(17-12)10-13-2/h7-8,13-14H,3-6,9-10H2,1-2H3. The molecular weight excluding hydrogens is 252 g/mol. The van der Waals surface area contributed by atoms with E-state index in [4.69, 9.17) is 4.42 Å². The predicted octanol–water partition coefficient (Wildman–Crippen LogP) is 1.86. The van der Waals surface area contributed by atoms with Crippen molar-refractivity contribution >= 4 is 10.0 Å². The summed E-state index contributed by atoms with van der Waals surface area (Å²) in [5.41, 5.74) is 0. The van der Waals surface area contributed by atoms with Crippen LogP contribution in [0.15, 0.2) is 21.6 Å². The van der Waals surface area contributed by atoms with Gasteiger partial charge in [-0.15, -0.1) is 0 Å². The van der Waals surface area contributed by atoms with Crippen LogP contribution in [0.2, 0.25) is 0 Å². The number of furan rings is 1. The minimum absolute atomic E-state index is 0.0109. The molecule has 0 aliphatic rings. The van der Waals surface area contributed by atoms with Gasteiger partial charge in [-0.2, -0.15) is 0 Å². The highest BCUT2D eigenvalue weighted by Crippen LogP contribution is 2.13. The lowest BCUT2D eigenvalue weighted by Crippen LogP contribution is -2.24. The third kappa shape index (κ3) is 4.80. The highest BCUT2D eigenvalue weighted by Gasteiger charge is 2.17. The summed E-state index contributed by atoms with van der Waals surface area (Å²) in [5.74, 6) is 0.615. The number of hydrogen-bond donors (Lipinski definition) is 2. The number of hydrogen-bond acceptors (Lipinski definition) is 4. The van der Waals surface area contributed by atoms with Crippen LogP contribution < -0.4 is 10.0 Å². The molecule has 1 aromatic rings. The summed E-state index contributed by atoms with van der Waals surface area (Å²) in [5, 5.41) is 2.90. The molecule has 18 heavy (non-hydrogen) atoms. The Balaban J connectivity index is 2.46. The maximum atomic E-state index is 11.9. The predicted molar refractivity (Wildman–Crippen MR) is 70.8 cm³/mol. The van der Waals surface area contributed by atoms with E-state index in [1.807, 2.05) is 0 Å². The van der Waals surface area contributed by atoms with Crippen molar-refractivity contribution in [2.45, 2.75) is 44.2 Å². The molecule has 0 aliphatic carbocycles. The Kier molecular flexibility index (Phi) is 6.38. The van der Waals surface area contributed by atoms with E-state index in [1.54, 1.807) is 13.1 Å². The van der Waals surface area contributed by atoms with Gasteiger partial charge in [-0.1, -0.05) is 26.2 Å². The minimum Gasteiger partial charge on any atom is -0.447 e. The van der Waals surface area contributed by atoms with Gasteiger partial charge in [0.25, 0.3) is 10.0 Å². The SMILES string of the molecule is CCCCCCNS(=O)(=O)c1ccc(CNC)o1. The summed E-state index contributed by atoms with van der Waals surface area (Å²) in [6, 6.07) is 3.16. The first kappa shape index (κ1) is 15.2. The van der Waals surface area contributed by atoms with Crippen molar-refractivity contribution in [3.8, 4) is 0 Å². The molecule has 6 heteroatoms. The summed E-state index contributed by atoms with van der Waals surface area (Å²) in [4.78, 5) is 0. The van der Waals surface area contributed by atoms with Crippen molar-refractivity contribution in [3.63, 3.8) is 0 Å². The van der Waals surface area contributed by atoms with Crippen molar-refractivity contribution in [3.05, 3.63) is 17.9 Å². The summed E-state index contributed by atoms with van der Waals surface area (Å²) in [6.45, 7) is 3.10. The second-order valence-electron chi connectivity index (χ2n) is 4.21. The quantitative estimate of drug-likeness (QED) is 0.674. The lowest BCUT2D eigenvalue weighted by atomic mass is 10.2. The van der Waals surface area contributed by atoms with Gasteiger partial charge in [0.2, 0.25) is 5.09 Å². The maximum absolute atomic E-state index is 11.9. The Morgan fingerprint density at radius 1 is 1.22 bits per heavy atom. The summed E-state index contributed by atoms with van der Waals surface area (Å²) in [7, 11) is -1.71. The first-order chi connectivity index (χ1) is 8.60. The molecule has 5 nitrogen and oxygen atoms in total. The van der Waals surface area contributed by atoms with E-state index in [9.17, 15) is 8.42 Å². The van der Waals surface area contributed by atoms with Crippen LogP contribution in [-0.4, -0.2) is 22.0 Å². The zero-order valence-corrected chi connectivity index (χ0v) is 11.8. The van der Waals surface area contributed by atoms with Gasteiger partial charge in [-0.05, 0) is 25.6 Å². The summed E-state index contributed by atoms with van der Waals surface area (Å²) in [6.07, 6.45) is 4.17. The third-order valence-electron chi connectivity index (χ3n) is 2.58.